The lowest BCUT2D eigenvalue weighted by molar-refractivity contribution is 0.498. The predicted molar refractivity (Wildman–Crippen MR) is 82.0 cm³/mol. The van der Waals surface area contributed by atoms with Gasteiger partial charge < -0.3 is 5.32 Å². The molecular formula is C17H33N. The van der Waals surface area contributed by atoms with E-state index in [2.05, 4.69) is 25.4 Å². The van der Waals surface area contributed by atoms with Gasteiger partial charge in [0.15, 0.2) is 0 Å². The maximum absolute atomic E-state index is 3.51. The summed E-state index contributed by atoms with van der Waals surface area (Å²) in [6.07, 6.45) is 19.2. The Morgan fingerprint density at radius 2 is 1.78 bits per heavy atom. The molecule has 0 amide bonds. The molecular weight excluding hydrogens is 218 g/mol. The Morgan fingerprint density at radius 3 is 2.39 bits per heavy atom. The van der Waals surface area contributed by atoms with E-state index >= 15 is 0 Å². The van der Waals surface area contributed by atoms with Gasteiger partial charge in [-0.2, -0.15) is 0 Å². The molecule has 1 aliphatic carbocycles. The number of allylic oxidation sites excluding steroid dienone is 1. The van der Waals surface area contributed by atoms with Gasteiger partial charge in [0.05, 0.1) is 0 Å². The highest BCUT2D eigenvalue weighted by atomic mass is 14.9. The zero-order valence-corrected chi connectivity index (χ0v) is 12.6. The molecule has 1 nitrogen and oxygen atoms in total. The number of hydrogen-bond acceptors (Lipinski definition) is 1. The molecule has 0 bridgehead atoms. The maximum Gasteiger partial charge on any atom is 0.0276 e. The molecule has 0 aromatic rings. The van der Waals surface area contributed by atoms with Crippen LogP contribution in [-0.2, 0) is 0 Å². The lowest BCUT2D eigenvalue weighted by atomic mass is 9.91. The van der Waals surface area contributed by atoms with E-state index in [1.165, 1.54) is 77.0 Å². The highest BCUT2D eigenvalue weighted by Crippen LogP contribution is 2.23. The van der Waals surface area contributed by atoms with Gasteiger partial charge in [0.1, 0.15) is 0 Å². The Kier molecular flexibility index (Phi) is 9.28. The van der Waals surface area contributed by atoms with Crippen molar-refractivity contribution in [3.63, 3.8) is 0 Å². The number of hydrogen-bond donors (Lipinski definition) is 1. The van der Waals surface area contributed by atoms with E-state index in [1.54, 1.807) is 5.57 Å². The highest BCUT2D eigenvalue weighted by Gasteiger charge is 2.13. The minimum absolute atomic E-state index is 0.668. The van der Waals surface area contributed by atoms with Gasteiger partial charge in [0.2, 0.25) is 0 Å². The molecule has 0 aromatic carbocycles. The monoisotopic (exact) mass is 251 g/mol. The van der Waals surface area contributed by atoms with Crippen LogP contribution in [0.15, 0.2) is 11.6 Å². The largest absolute Gasteiger partial charge is 0.313 e. The van der Waals surface area contributed by atoms with Crippen LogP contribution in [-0.4, -0.2) is 13.1 Å². The Labute approximate surface area is 114 Å². The van der Waals surface area contributed by atoms with E-state index in [9.17, 15) is 0 Å². The van der Waals surface area contributed by atoms with Crippen molar-refractivity contribution in [2.75, 3.05) is 7.05 Å². The van der Waals surface area contributed by atoms with Gasteiger partial charge in [-0.25, -0.2) is 0 Å². The SMILES string of the molecule is CCCCCCCCCC(NC)C1=CCCCC1. The summed E-state index contributed by atoms with van der Waals surface area (Å²) in [5, 5.41) is 3.51. The van der Waals surface area contributed by atoms with Gasteiger partial charge in [-0.15, -0.1) is 0 Å². The van der Waals surface area contributed by atoms with Gasteiger partial charge in [0, 0.05) is 6.04 Å². The second kappa shape index (κ2) is 10.6. The first kappa shape index (κ1) is 15.8. The number of unbranched alkanes of at least 4 members (excludes halogenated alkanes) is 6. The van der Waals surface area contributed by atoms with Gasteiger partial charge in [-0.3, -0.25) is 0 Å². The fourth-order valence-electron chi connectivity index (χ4n) is 3.00. The summed E-state index contributed by atoms with van der Waals surface area (Å²) in [7, 11) is 2.13. The van der Waals surface area contributed by atoms with E-state index in [-0.39, 0.29) is 0 Å². The smallest absolute Gasteiger partial charge is 0.0276 e. The van der Waals surface area contributed by atoms with Crippen LogP contribution in [0.1, 0.15) is 84.0 Å². The van der Waals surface area contributed by atoms with Crippen molar-refractivity contribution in [1.29, 1.82) is 0 Å². The van der Waals surface area contributed by atoms with Crippen molar-refractivity contribution in [3.8, 4) is 0 Å². The number of nitrogens with one attached hydrogen (secondary N) is 1. The van der Waals surface area contributed by atoms with Gasteiger partial charge in [0.25, 0.3) is 0 Å². The molecule has 0 radical (unpaired) electrons. The molecule has 0 heterocycles. The molecule has 0 saturated heterocycles. The van der Waals surface area contributed by atoms with E-state index in [0.29, 0.717) is 6.04 Å². The lowest BCUT2D eigenvalue weighted by Crippen LogP contribution is -2.28. The van der Waals surface area contributed by atoms with E-state index in [4.69, 9.17) is 0 Å². The number of rotatable bonds is 10. The topological polar surface area (TPSA) is 12.0 Å². The van der Waals surface area contributed by atoms with Gasteiger partial charge >= 0.3 is 0 Å². The Bertz CT molecular complexity index is 220. The molecule has 0 spiro atoms. The molecule has 0 aliphatic heterocycles. The van der Waals surface area contributed by atoms with Crippen LogP contribution < -0.4 is 5.32 Å². The first-order chi connectivity index (χ1) is 8.88. The minimum atomic E-state index is 0.668. The summed E-state index contributed by atoms with van der Waals surface area (Å²) in [4.78, 5) is 0. The number of likely N-dealkylation sites (N-methyl/N-ethyl adjacent to an activating group) is 1. The average Bonchev–Trinajstić information content (AvgIpc) is 2.43. The van der Waals surface area contributed by atoms with E-state index < -0.39 is 0 Å². The maximum atomic E-state index is 3.51. The quantitative estimate of drug-likeness (QED) is 0.415. The Hall–Kier alpha value is -0.300. The van der Waals surface area contributed by atoms with Gasteiger partial charge in [-0.05, 0) is 39.2 Å². The summed E-state index contributed by atoms with van der Waals surface area (Å²) >= 11 is 0. The fraction of sp³-hybridized carbons (Fsp3) is 0.882. The molecule has 0 fully saturated rings. The molecule has 1 atom stereocenters. The first-order valence-corrected chi connectivity index (χ1v) is 8.24. The van der Waals surface area contributed by atoms with Crippen LogP contribution in [0.25, 0.3) is 0 Å². The third-order valence-electron chi connectivity index (χ3n) is 4.22. The Balaban J connectivity index is 2.06. The standard InChI is InChI=1S/C17H33N/c1-3-4-5-6-7-8-12-15-17(18-2)16-13-10-9-11-14-16/h13,17-18H,3-12,14-15H2,1-2H3. The summed E-state index contributed by atoms with van der Waals surface area (Å²) in [5.41, 5.74) is 1.69. The van der Waals surface area contributed by atoms with Crippen LogP contribution in [0, 0.1) is 0 Å². The van der Waals surface area contributed by atoms with Crippen LogP contribution in [0.5, 0.6) is 0 Å². The predicted octanol–water partition coefficient (Wildman–Crippen LogP) is 5.22. The molecule has 0 aromatic heterocycles. The molecule has 0 saturated carbocycles. The van der Waals surface area contributed by atoms with Crippen LogP contribution in [0.4, 0.5) is 0 Å². The molecule has 1 heteroatoms. The zero-order valence-electron chi connectivity index (χ0n) is 12.6. The summed E-state index contributed by atoms with van der Waals surface area (Å²) < 4.78 is 0. The van der Waals surface area contributed by atoms with Crippen molar-refractivity contribution < 1.29 is 0 Å². The van der Waals surface area contributed by atoms with Crippen molar-refractivity contribution in [2.24, 2.45) is 0 Å². The third kappa shape index (κ3) is 6.58. The molecule has 1 rings (SSSR count). The normalized spacial score (nSPS) is 17.6. The molecule has 1 aliphatic rings. The summed E-state index contributed by atoms with van der Waals surface area (Å²) in [6, 6.07) is 0.668. The lowest BCUT2D eigenvalue weighted by Gasteiger charge is -2.22. The Morgan fingerprint density at radius 1 is 1.06 bits per heavy atom. The van der Waals surface area contributed by atoms with Crippen LogP contribution in [0.2, 0.25) is 0 Å². The van der Waals surface area contributed by atoms with Crippen molar-refractivity contribution in [3.05, 3.63) is 11.6 Å². The van der Waals surface area contributed by atoms with Crippen molar-refractivity contribution >= 4 is 0 Å². The van der Waals surface area contributed by atoms with Gasteiger partial charge in [-0.1, -0.05) is 63.5 Å². The second-order valence-electron chi connectivity index (χ2n) is 5.78. The van der Waals surface area contributed by atoms with Crippen molar-refractivity contribution in [2.45, 2.75) is 90.0 Å². The zero-order chi connectivity index (χ0) is 13.1. The summed E-state index contributed by atoms with van der Waals surface area (Å²) in [5.74, 6) is 0. The van der Waals surface area contributed by atoms with Crippen LogP contribution >= 0.6 is 0 Å². The summed E-state index contributed by atoms with van der Waals surface area (Å²) in [6.45, 7) is 2.29. The second-order valence-corrected chi connectivity index (χ2v) is 5.78. The van der Waals surface area contributed by atoms with E-state index in [0.717, 1.165) is 0 Å². The molecule has 106 valence electrons. The average molecular weight is 251 g/mol. The first-order valence-electron chi connectivity index (χ1n) is 8.24. The molecule has 1 unspecified atom stereocenters. The van der Waals surface area contributed by atoms with Crippen molar-refractivity contribution in [1.82, 2.24) is 5.32 Å². The highest BCUT2D eigenvalue weighted by molar-refractivity contribution is 5.12. The van der Waals surface area contributed by atoms with Crippen LogP contribution in [0.3, 0.4) is 0 Å². The fourth-order valence-corrected chi connectivity index (χ4v) is 3.00. The minimum Gasteiger partial charge on any atom is -0.313 e. The third-order valence-corrected chi connectivity index (χ3v) is 4.22. The molecule has 1 N–H and O–H groups in total. The van der Waals surface area contributed by atoms with E-state index in [1.807, 2.05) is 0 Å². The molecule has 18 heavy (non-hydrogen) atoms.